The van der Waals surface area contributed by atoms with E-state index in [9.17, 15) is 0 Å². The van der Waals surface area contributed by atoms with Crippen molar-refractivity contribution < 1.29 is 4.74 Å². The molecule has 0 atom stereocenters. The maximum Gasteiger partial charge on any atom is 0.193 e. The molecule has 0 aliphatic carbocycles. The molecule has 0 aliphatic heterocycles. The zero-order valence-corrected chi connectivity index (χ0v) is 14.9. The summed E-state index contributed by atoms with van der Waals surface area (Å²) in [5.74, 6) is 0.798. The number of likely N-dealkylation sites (N-methyl/N-ethyl adjacent to an activating group) is 1. The number of hydrogen-bond acceptors (Lipinski definition) is 5. The van der Waals surface area contributed by atoms with E-state index in [1.54, 1.807) is 25.5 Å². The Morgan fingerprint density at radius 2 is 2.30 bits per heavy atom. The average Bonchev–Trinajstić information content (AvgIpc) is 3.12. The molecule has 0 aromatic carbocycles. The number of fused-ring (bicyclic) bond motifs is 1. The molecule has 128 valence electrons. The zero-order valence-electron chi connectivity index (χ0n) is 14.1. The predicted octanol–water partition coefficient (Wildman–Crippen LogP) is 1.03. The van der Waals surface area contributed by atoms with Gasteiger partial charge in [-0.2, -0.15) is 0 Å². The van der Waals surface area contributed by atoms with Crippen LogP contribution in [-0.4, -0.2) is 67.7 Å². The highest BCUT2D eigenvalue weighted by molar-refractivity contribution is 7.15. The molecule has 0 fully saturated rings. The lowest BCUT2D eigenvalue weighted by atomic mass is 10.4. The largest absolute Gasteiger partial charge is 0.385 e. The summed E-state index contributed by atoms with van der Waals surface area (Å²) in [5.41, 5.74) is 1.01. The van der Waals surface area contributed by atoms with Crippen LogP contribution >= 0.6 is 11.3 Å². The Morgan fingerprint density at radius 1 is 1.43 bits per heavy atom. The molecular weight excluding hydrogens is 312 g/mol. The van der Waals surface area contributed by atoms with Crippen molar-refractivity contribution in [3.8, 4) is 0 Å². The number of nitrogens with zero attached hydrogens (tertiary/aromatic N) is 4. The summed E-state index contributed by atoms with van der Waals surface area (Å²) in [5, 5.41) is 8.65. The van der Waals surface area contributed by atoms with E-state index in [1.165, 1.54) is 0 Å². The molecule has 0 unspecified atom stereocenters. The minimum atomic E-state index is 0.664. The van der Waals surface area contributed by atoms with Crippen molar-refractivity contribution in [3.05, 3.63) is 23.5 Å². The van der Waals surface area contributed by atoms with Gasteiger partial charge >= 0.3 is 0 Å². The maximum absolute atomic E-state index is 5.06. The number of aromatic nitrogens is 2. The smallest absolute Gasteiger partial charge is 0.193 e. The van der Waals surface area contributed by atoms with E-state index in [0.717, 1.165) is 49.3 Å². The van der Waals surface area contributed by atoms with Crippen LogP contribution in [0.25, 0.3) is 4.96 Å². The predicted molar refractivity (Wildman–Crippen MR) is 95.3 cm³/mol. The zero-order chi connectivity index (χ0) is 16.5. The molecule has 2 aromatic heterocycles. The van der Waals surface area contributed by atoms with Crippen molar-refractivity contribution in [2.75, 3.05) is 47.4 Å². The van der Waals surface area contributed by atoms with Crippen molar-refractivity contribution in [1.82, 2.24) is 24.9 Å². The summed E-state index contributed by atoms with van der Waals surface area (Å²) in [6, 6.07) is 0. The van der Waals surface area contributed by atoms with Crippen LogP contribution in [0.1, 0.15) is 12.1 Å². The van der Waals surface area contributed by atoms with Gasteiger partial charge in [-0.1, -0.05) is 0 Å². The molecule has 0 bridgehead atoms. The van der Waals surface area contributed by atoms with E-state index in [4.69, 9.17) is 4.74 Å². The minimum Gasteiger partial charge on any atom is -0.385 e. The second kappa shape index (κ2) is 9.49. The van der Waals surface area contributed by atoms with E-state index < -0.39 is 0 Å². The van der Waals surface area contributed by atoms with Crippen LogP contribution in [0.4, 0.5) is 0 Å². The van der Waals surface area contributed by atoms with Gasteiger partial charge in [-0.15, -0.1) is 11.3 Å². The van der Waals surface area contributed by atoms with Crippen LogP contribution in [0.3, 0.4) is 0 Å². The number of thiazole rings is 1. The fourth-order valence-electron chi connectivity index (χ4n) is 2.21. The molecule has 0 saturated heterocycles. The SMILES string of the molecule is CN=C(NCCN(C)CCCOC)NCc1cn2ccsc2n1. The van der Waals surface area contributed by atoms with Gasteiger partial charge in [0.2, 0.25) is 0 Å². The van der Waals surface area contributed by atoms with Gasteiger partial charge in [0, 0.05) is 58.2 Å². The molecule has 0 saturated carbocycles. The fraction of sp³-hybridized carbons (Fsp3) is 0.600. The monoisotopic (exact) mass is 338 g/mol. The Kier molecular flexibility index (Phi) is 7.31. The molecule has 2 heterocycles. The summed E-state index contributed by atoms with van der Waals surface area (Å²) >= 11 is 1.64. The number of methoxy groups -OCH3 is 1. The van der Waals surface area contributed by atoms with Crippen LogP contribution in [-0.2, 0) is 11.3 Å². The first-order chi connectivity index (χ1) is 11.2. The quantitative estimate of drug-likeness (QED) is 0.406. The van der Waals surface area contributed by atoms with Crippen molar-refractivity contribution in [3.63, 3.8) is 0 Å². The molecule has 0 aliphatic rings. The average molecular weight is 338 g/mol. The Balaban J connectivity index is 1.66. The normalized spacial score (nSPS) is 12.3. The van der Waals surface area contributed by atoms with Gasteiger partial charge < -0.3 is 20.3 Å². The molecule has 2 aromatic rings. The second-order valence-corrected chi connectivity index (χ2v) is 6.20. The highest BCUT2D eigenvalue weighted by atomic mass is 32.1. The summed E-state index contributed by atoms with van der Waals surface area (Å²) in [7, 11) is 5.63. The first-order valence-corrected chi connectivity index (χ1v) is 8.64. The van der Waals surface area contributed by atoms with E-state index in [-0.39, 0.29) is 0 Å². The molecule has 0 amide bonds. The highest BCUT2D eigenvalue weighted by Crippen LogP contribution is 2.10. The third kappa shape index (κ3) is 5.81. The Morgan fingerprint density at radius 3 is 3.04 bits per heavy atom. The van der Waals surface area contributed by atoms with Gasteiger partial charge in [-0.25, -0.2) is 4.98 Å². The van der Waals surface area contributed by atoms with Crippen LogP contribution in [0.2, 0.25) is 0 Å². The van der Waals surface area contributed by atoms with E-state index in [0.29, 0.717) is 6.54 Å². The minimum absolute atomic E-state index is 0.664. The van der Waals surface area contributed by atoms with Crippen molar-refractivity contribution >= 4 is 22.3 Å². The molecule has 7 nitrogen and oxygen atoms in total. The van der Waals surface area contributed by atoms with Gasteiger partial charge in [-0.05, 0) is 13.5 Å². The lowest BCUT2D eigenvalue weighted by Crippen LogP contribution is -2.40. The second-order valence-electron chi connectivity index (χ2n) is 5.33. The number of aliphatic imine (C=N–C) groups is 1. The molecule has 0 spiro atoms. The fourth-order valence-corrected chi connectivity index (χ4v) is 2.93. The molecular formula is C15H26N6OS. The Labute approximate surface area is 141 Å². The first kappa shape index (κ1) is 17.7. The van der Waals surface area contributed by atoms with Gasteiger partial charge in [0.05, 0.1) is 12.2 Å². The molecule has 8 heteroatoms. The number of ether oxygens (including phenoxy) is 1. The number of imidazole rings is 1. The number of guanidine groups is 1. The topological polar surface area (TPSA) is 66.2 Å². The molecule has 0 radical (unpaired) electrons. The van der Waals surface area contributed by atoms with Crippen molar-refractivity contribution in [2.24, 2.45) is 4.99 Å². The third-order valence-electron chi connectivity index (χ3n) is 3.48. The van der Waals surface area contributed by atoms with Gasteiger partial charge in [0.1, 0.15) is 0 Å². The van der Waals surface area contributed by atoms with Crippen LogP contribution < -0.4 is 10.6 Å². The molecule has 2 rings (SSSR count). The standard InChI is InChI=1S/C15H26N6OS/c1-16-14(17-5-7-20(2)6-4-9-22-3)18-11-13-12-21-8-10-23-15(21)19-13/h8,10,12H,4-7,9,11H2,1-3H3,(H2,16,17,18). The highest BCUT2D eigenvalue weighted by Gasteiger charge is 2.04. The van der Waals surface area contributed by atoms with Crippen LogP contribution in [0.5, 0.6) is 0 Å². The number of hydrogen-bond donors (Lipinski definition) is 2. The Hall–Kier alpha value is -1.64. The summed E-state index contributed by atoms with van der Waals surface area (Å²) < 4.78 is 7.10. The third-order valence-corrected chi connectivity index (χ3v) is 4.25. The van der Waals surface area contributed by atoms with Crippen LogP contribution in [0, 0.1) is 0 Å². The van der Waals surface area contributed by atoms with Crippen molar-refractivity contribution in [1.29, 1.82) is 0 Å². The maximum atomic E-state index is 5.06. The van der Waals surface area contributed by atoms with Gasteiger partial charge in [-0.3, -0.25) is 9.39 Å². The molecule has 23 heavy (non-hydrogen) atoms. The van der Waals surface area contributed by atoms with Gasteiger partial charge in [0.25, 0.3) is 0 Å². The number of nitrogens with one attached hydrogen (secondary N) is 2. The Bertz CT molecular complexity index is 579. The summed E-state index contributed by atoms with van der Waals surface area (Å²) in [6.45, 7) is 4.32. The van der Waals surface area contributed by atoms with Crippen LogP contribution in [0.15, 0.2) is 22.8 Å². The summed E-state index contributed by atoms with van der Waals surface area (Å²) in [4.78, 5) is 12.1. The lowest BCUT2D eigenvalue weighted by Gasteiger charge is -2.17. The first-order valence-electron chi connectivity index (χ1n) is 7.76. The van der Waals surface area contributed by atoms with E-state index in [1.807, 2.05) is 22.2 Å². The van der Waals surface area contributed by atoms with E-state index in [2.05, 4.69) is 32.6 Å². The summed E-state index contributed by atoms with van der Waals surface area (Å²) in [6.07, 6.45) is 5.11. The van der Waals surface area contributed by atoms with E-state index >= 15 is 0 Å². The molecule has 2 N–H and O–H groups in total. The number of rotatable bonds is 9. The van der Waals surface area contributed by atoms with Crippen molar-refractivity contribution in [2.45, 2.75) is 13.0 Å². The lowest BCUT2D eigenvalue weighted by molar-refractivity contribution is 0.180. The van der Waals surface area contributed by atoms with Gasteiger partial charge in [0.15, 0.2) is 10.9 Å².